The van der Waals surface area contributed by atoms with E-state index in [2.05, 4.69) is 4.98 Å². The molecule has 0 saturated carbocycles. The number of aromatic nitrogens is 2. The monoisotopic (exact) mass is 394 g/mol. The van der Waals surface area contributed by atoms with Crippen LogP contribution in [-0.4, -0.2) is 22.5 Å². The van der Waals surface area contributed by atoms with E-state index < -0.39 is 5.56 Å². The summed E-state index contributed by atoms with van der Waals surface area (Å²) in [6.07, 6.45) is 0. The molecule has 3 aromatic rings. The van der Waals surface area contributed by atoms with Gasteiger partial charge >= 0.3 is 0 Å². The van der Waals surface area contributed by atoms with Gasteiger partial charge in [0.1, 0.15) is 29.9 Å². The van der Waals surface area contributed by atoms with Crippen molar-refractivity contribution in [3.63, 3.8) is 0 Å². The average Bonchev–Trinajstić information content (AvgIpc) is 2.74. The molecule has 0 unspecified atom stereocenters. The van der Waals surface area contributed by atoms with Crippen LogP contribution in [0.2, 0.25) is 0 Å². The highest BCUT2D eigenvalue weighted by Crippen LogP contribution is 2.30. The molecule has 0 atom stereocenters. The van der Waals surface area contributed by atoms with Crippen LogP contribution in [0.25, 0.3) is 11.3 Å². The van der Waals surface area contributed by atoms with E-state index >= 15 is 0 Å². The highest BCUT2D eigenvalue weighted by Gasteiger charge is 2.24. The van der Waals surface area contributed by atoms with Crippen LogP contribution in [-0.2, 0) is 6.67 Å². The second-order valence-electron chi connectivity index (χ2n) is 6.12. The van der Waals surface area contributed by atoms with E-state index in [1.807, 2.05) is 35.2 Å². The van der Waals surface area contributed by atoms with Gasteiger partial charge in [0.05, 0.1) is 18.7 Å². The molecule has 8 heteroatoms. The quantitative estimate of drug-likeness (QED) is 0.634. The van der Waals surface area contributed by atoms with Gasteiger partial charge in [-0.15, -0.1) is 0 Å². The Hall–Kier alpha value is -3.31. The summed E-state index contributed by atoms with van der Waals surface area (Å²) in [5.74, 6) is 0.970. The van der Waals surface area contributed by atoms with E-state index in [1.165, 1.54) is 40.6 Å². The summed E-state index contributed by atoms with van der Waals surface area (Å²) in [5.41, 5.74) is 1.30. The third kappa shape index (κ3) is 3.21. The molecule has 0 radical (unpaired) electrons. The first-order valence-electron chi connectivity index (χ1n) is 8.43. The molecule has 4 rings (SSSR count). The number of fused-ring (bicyclic) bond motifs is 1. The van der Waals surface area contributed by atoms with Gasteiger partial charge in [-0.2, -0.15) is 5.26 Å². The summed E-state index contributed by atoms with van der Waals surface area (Å²) in [4.78, 5) is 19.5. The Morgan fingerprint density at radius 2 is 1.89 bits per heavy atom. The minimum Gasteiger partial charge on any atom is -0.497 e. The Kier molecular flexibility index (Phi) is 4.75. The zero-order chi connectivity index (χ0) is 19.7. The van der Waals surface area contributed by atoms with Crippen molar-refractivity contribution in [2.75, 3.05) is 17.9 Å². The van der Waals surface area contributed by atoms with Gasteiger partial charge in [0.25, 0.3) is 5.56 Å². The Labute approximate surface area is 164 Å². The van der Waals surface area contributed by atoms with Crippen molar-refractivity contribution in [1.82, 2.24) is 9.55 Å². The molecule has 0 aliphatic carbocycles. The maximum atomic E-state index is 13.2. The molecular formula is C20H15FN4O2S. The van der Waals surface area contributed by atoms with Crippen molar-refractivity contribution in [2.24, 2.45) is 0 Å². The minimum absolute atomic E-state index is 0.0486. The Balaban J connectivity index is 1.73. The first-order chi connectivity index (χ1) is 13.6. The van der Waals surface area contributed by atoms with E-state index in [0.29, 0.717) is 23.3 Å². The summed E-state index contributed by atoms with van der Waals surface area (Å²) in [6.45, 7) is 0.291. The van der Waals surface area contributed by atoms with Gasteiger partial charge in [-0.25, -0.2) is 9.37 Å². The maximum absolute atomic E-state index is 13.2. The smallest absolute Gasteiger partial charge is 0.274 e. The lowest BCUT2D eigenvalue weighted by atomic mass is 10.1. The number of benzene rings is 2. The average molecular weight is 394 g/mol. The number of rotatable bonds is 3. The van der Waals surface area contributed by atoms with Crippen LogP contribution in [0.1, 0.15) is 5.56 Å². The van der Waals surface area contributed by atoms with Crippen LogP contribution in [0, 0.1) is 17.1 Å². The van der Waals surface area contributed by atoms with E-state index in [9.17, 15) is 14.4 Å². The molecule has 0 saturated heterocycles. The molecule has 6 nitrogen and oxygen atoms in total. The van der Waals surface area contributed by atoms with E-state index in [1.54, 1.807) is 7.11 Å². The highest BCUT2D eigenvalue weighted by molar-refractivity contribution is 7.99. The predicted octanol–water partition coefficient (Wildman–Crippen LogP) is 3.46. The van der Waals surface area contributed by atoms with E-state index in [4.69, 9.17) is 4.74 Å². The number of ether oxygens (including phenoxy) is 1. The molecule has 28 heavy (non-hydrogen) atoms. The van der Waals surface area contributed by atoms with Crippen LogP contribution in [0.5, 0.6) is 5.75 Å². The van der Waals surface area contributed by atoms with Gasteiger partial charge in [0.2, 0.25) is 0 Å². The van der Waals surface area contributed by atoms with E-state index in [-0.39, 0.29) is 17.1 Å². The molecule has 140 valence electrons. The van der Waals surface area contributed by atoms with Gasteiger partial charge < -0.3 is 9.64 Å². The van der Waals surface area contributed by atoms with Gasteiger partial charge in [0, 0.05) is 11.3 Å². The second-order valence-corrected chi connectivity index (χ2v) is 7.03. The Bertz CT molecular complexity index is 1120. The third-order valence-electron chi connectivity index (χ3n) is 4.46. The highest BCUT2D eigenvalue weighted by atomic mass is 32.2. The van der Waals surface area contributed by atoms with Crippen molar-refractivity contribution in [3.05, 3.63) is 70.3 Å². The molecule has 2 aromatic carbocycles. The lowest BCUT2D eigenvalue weighted by Crippen LogP contribution is -2.38. The zero-order valence-corrected chi connectivity index (χ0v) is 15.7. The fraction of sp³-hybridized carbons (Fsp3) is 0.150. The Morgan fingerprint density at radius 1 is 1.18 bits per heavy atom. The van der Waals surface area contributed by atoms with Gasteiger partial charge in [-0.3, -0.25) is 9.36 Å². The molecule has 0 spiro atoms. The van der Waals surface area contributed by atoms with Crippen LogP contribution >= 0.6 is 11.8 Å². The minimum atomic E-state index is -0.405. The third-order valence-corrected chi connectivity index (χ3v) is 5.47. The number of hydrogen-bond donors (Lipinski definition) is 0. The maximum Gasteiger partial charge on any atom is 0.274 e. The molecule has 0 N–H and O–H groups in total. The molecule has 2 heterocycles. The number of anilines is 1. The molecule has 0 amide bonds. The lowest BCUT2D eigenvalue weighted by Gasteiger charge is -2.31. The fourth-order valence-corrected chi connectivity index (χ4v) is 3.94. The summed E-state index contributed by atoms with van der Waals surface area (Å²) >= 11 is 1.41. The first kappa shape index (κ1) is 18.1. The van der Waals surface area contributed by atoms with Crippen molar-refractivity contribution >= 4 is 17.4 Å². The standard InChI is InChI=1S/C20H15FN4O2S/c1-27-16-8-6-15(7-9-16)24-11-25-19(26)17(10-22)18(23-20(25)28-12-24)13-2-4-14(21)5-3-13/h2-9H,11-12H2,1H3. The van der Waals surface area contributed by atoms with Gasteiger partial charge in [-0.05, 0) is 48.5 Å². The van der Waals surface area contributed by atoms with Crippen molar-refractivity contribution in [1.29, 1.82) is 5.26 Å². The van der Waals surface area contributed by atoms with Gasteiger partial charge in [-0.1, -0.05) is 11.8 Å². The number of hydrogen-bond acceptors (Lipinski definition) is 6. The molecule has 1 aromatic heterocycles. The van der Waals surface area contributed by atoms with Crippen molar-refractivity contribution in [3.8, 4) is 23.1 Å². The Morgan fingerprint density at radius 3 is 2.54 bits per heavy atom. The second kappa shape index (κ2) is 7.37. The number of thioether (sulfide) groups is 1. The van der Waals surface area contributed by atoms with Crippen molar-refractivity contribution < 1.29 is 9.13 Å². The summed E-state index contributed by atoms with van der Waals surface area (Å²) in [7, 11) is 1.61. The SMILES string of the molecule is COc1ccc(N2CSc3nc(-c4ccc(F)cc4)c(C#N)c(=O)n3C2)cc1. The normalized spacial score (nSPS) is 13.0. The van der Waals surface area contributed by atoms with Gasteiger partial charge in [0.15, 0.2) is 5.16 Å². The molecule has 0 fully saturated rings. The van der Waals surface area contributed by atoms with Crippen LogP contribution in [0.4, 0.5) is 10.1 Å². The topological polar surface area (TPSA) is 71.2 Å². The fourth-order valence-electron chi connectivity index (χ4n) is 2.98. The lowest BCUT2D eigenvalue weighted by molar-refractivity contribution is 0.414. The number of methoxy groups -OCH3 is 1. The number of nitriles is 1. The first-order valence-corrected chi connectivity index (χ1v) is 9.42. The number of nitrogens with zero attached hydrogens (tertiary/aromatic N) is 4. The van der Waals surface area contributed by atoms with E-state index in [0.717, 1.165) is 11.4 Å². The predicted molar refractivity (Wildman–Crippen MR) is 105 cm³/mol. The summed E-state index contributed by atoms with van der Waals surface area (Å²) in [5, 5.41) is 10.1. The largest absolute Gasteiger partial charge is 0.497 e. The molecule has 0 bridgehead atoms. The van der Waals surface area contributed by atoms with Crippen LogP contribution in [0.3, 0.4) is 0 Å². The molecular weight excluding hydrogens is 379 g/mol. The van der Waals surface area contributed by atoms with Crippen molar-refractivity contribution in [2.45, 2.75) is 11.8 Å². The van der Waals surface area contributed by atoms with Crippen LogP contribution in [0.15, 0.2) is 58.5 Å². The summed E-state index contributed by atoms with van der Waals surface area (Å²) in [6, 6.07) is 15.1. The molecule has 1 aliphatic heterocycles. The summed E-state index contributed by atoms with van der Waals surface area (Å²) < 4.78 is 19.9. The van der Waals surface area contributed by atoms with Crippen LogP contribution < -0.4 is 15.2 Å². The number of halogens is 1. The molecule has 1 aliphatic rings. The zero-order valence-electron chi connectivity index (χ0n) is 14.9.